The third kappa shape index (κ3) is 6.28. The van der Waals surface area contributed by atoms with E-state index in [1.54, 1.807) is 36.4 Å². The second-order valence-electron chi connectivity index (χ2n) is 5.74. The van der Waals surface area contributed by atoms with E-state index in [4.69, 9.17) is 21.1 Å². The third-order valence-electron chi connectivity index (χ3n) is 3.62. The fraction of sp³-hybridized carbons (Fsp3) is 0.250. The highest BCUT2D eigenvalue weighted by Crippen LogP contribution is 2.23. The van der Waals surface area contributed by atoms with Crippen molar-refractivity contribution in [2.75, 3.05) is 18.5 Å². The molecule has 2 aromatic carbocycles. The molecule has 2 amide bonds. The number of hydrogen-bond acceptors (Lipinski definition) is 5. The fourth-order valence-corrected chi connectivity index (χ4v) is 2.36. The lowest BCUT2D eigenvalue weighted by atomic mass is 10.2. The van der Waals surface area contributed by atoms with Gasteiger partial charge in [-0.3, -0.25) is 14.4 Å². The van der Waals surface area contributed by atoms with Crippen molar-refractivity contribution >= 4 is 35.1 Å². The highest BCUT2D eigenvalue weighted by molar-refractivity contribution is 6.30. The second-order valence-corrected chi connectivity index (χ2v) is 6.18. The van der Waals surface area contributed by atoms with Gasteiger partial charge in [0.15, 0.2) is 6.10 Å². The highest BCUT2D eigenvalue weighted by atomic mass is 35.5. The summed E-state index contributed by atoms with van der Waals surface area (Å²) in [5.74, 6) is -1.17. The molecule has 7 nitrogen and oxygen atoms in total. The van der Waals surface area contributed by atoms with Crippen molar-refractivity contribution < 1.29 is 23.9 Å². The minimum Gasteiger partial charge on any atom is -0.492 e. The molecule has 0 bridgehead atoms. The van der Waals surface area contributed by atoms with E-state index >= 15 is 0 Å². The summed E-state index contributed by atoms with van der Waals surface area (Å²) in [6.07, 6.45) is -1.05. The molecule has 0 heterocycles. The van der Waals surface area contributed by atoms with Crippen LogP contribution in [-0.2, 0) is 14.3 Å². The Bertz CT molecular complexity index is 839. The van der Waals surface area contributed by atoms with Crippen LogP contribution >= 0.6 is 11.6 Å². The standard InChI is InChI=1S/C20H21ClN2O5/c1-3-27-17-7-5-4-6-16(17)23-19(25)13(2)28-18(24)12-22-20(26)14-8-10-15(21)11-9-14/h4-11,13H,3,12H2,1-2H3,(H,22,26)(H,23,25)/t13-/m1/s1. The van der Waals surface area contributed by atoms with E-state index in [-0.39, 0.29) is 6.54 Å². The molecule has 2 N–H and O–H groups in total. The smallest absolute Gasteiger partial charge is 0.326 e. The van der Waals surface area contributed by atoms with Gasteiger partial charge in [0, 0.05) is 10.6 Å². The first-order chi connectivity index (χ1) is 13.4. The van der Waals surface area contributed by atoms with E-state index in [9.17, 15) is 14.4 Å². The number of rotatable bonds is 8. The molecule has 2 rings (SSSR count). The Kier molecular flexibility index (Phi) is 7.83. The number of benzene rings is 2. The Balaban J connectivity index is 1.83. The zero-order valence-electron chi connectivity index (χ0n) is 15.5. The quantitative estimate of drug-likeness (QED) is 0.659. The lowest BCUT2D eigenvalue weighted by Crippen LogP contribution is -2.35. The molecule has 0 saturated heterocycles. The van der Waals surface area contributed by atoms with Gasteiger partial charge >= 0.3 is 5.97 Å². The fourth-order valence-electron chi connectivity index (χ4n) is 2.23. The molecule has 0 unspecified atom stereocenters. The van der Waals surface area contributed by atoms with Gasteiger partial charge in [-0.15, -0.1) is 0 Å². The van der Waals surface area contributed by atoms with Crippen LogP contribution in [0.3, 0.4) is 0 Å². The van der Waals surface area contributed by atoms with E-state index in [2.05, 4.69) is 10.6 Å². The molecule has 28 heavy (non-hydrogen) atoms. The van der Waals surface area contributed by atoms with Gasteiger partial charge in [0.2, 0.25) is 0 Å². The van der Waals surface area contributed by atoms with Gasteiger partial charge in [-0.2, -0.15) is 0 Å². The first-order valence-electron chi connectivity index (χ1n) is 8.66. The molecule has 1 atom stereocenters. The molecule has 0 aliphatic carbocycles. The first-order valence-corrected chi connectivity index (χ1v) is 9.04. The average molecular weight is 405 g/mol. The number of amides is 2. The molecule has 0 spiro atoms. The Morgan fingerprint density at radius 3 is 2.43 bits per heavy atom. The second kappa shape index (κ2) is 10.3. The minimum atomic E-state index is -1.05. The number of carbonyl (C=O) groups is 3. The molecule has 0 fully saturated rings. The van der Waals surface area contributed by atoms with Crippen molar-refractivity contribution in [2.24, 2.45) is 0 Å². The molecule has 2 aromatic rings. The van der Waals surface area contributed by atoms with Crippen LogP contribution in [0.15, 0.2) is 48.5 Å². The van der Waals surface area contributed by atoms with E-state index in [1.807, 2.05) is 6.92 Å². The molecule has 148 valence electrons. The topological polar surface area (TPSA) is 93.7 Å². The van der Waals surface area contributed by atoms with Gasteiger partial charge in [0.05, 0.1) is 12.3 Å². The van der Waals surface area contributed by atoms with Crippen molar-refractivity contribution in [3.63, 3.8) is 0 Å². The number of nitrogens with one attached hydrogen (secondary N) is 2. The first kappa shape index (κ1) is 21.2. The van der Waals surface area contributed by atoms with E-state index in [1.165, 1.54) is 19.1 Å². The summed E-state index contributed by atoms with van der Waals surface area (Å²) in [5.41, 5.74) is 0.837. The zero-order chi connectivity index (χ0) is 20.5. The Hall–Kier alpha value is -3.06. The number of anilines is 1. The molecule has 0 aromatic heterocycles. The number of halogens is 1. The van der Waals surface area contributed by atoms with Crippen molar-refractivity contribution in [3.8, 4) is 5.75 Å². The summed E-state index contributed by atoms with van der Waals surface area (Å²) in [7, 11) is 0. The maximum Gasteiger partial charge on any atom is 0.326 e. The summed E-state index contributed by atoms with van der Waals surface area (Å²) in [6.45, 7) is 3.36. The van der Waals surface area contributed by atoms with E-state index in [0.29, 0.717) is 28.6 Å². The van der Waals surface area contributed by atoms with E-state index in [0.717, 1.165) is 0 Å². The highest BCUT2D eigenvalue weighted by Gasteiger charge is 2.19. The average Bonchev–Trinajstić information content (AvgIpc) is 2.68. The van der Waals surface area contributed by atoms with E-state index < -0.39 is 23.9 Å². The number of ether oxygens (including phenoxy) is 2. The maximum absolute atomic E-state index is 12.3. The van der Waals surface area contributed by atoms with Gasteiger partial charge in [0.1, 0.15) is 12.3 Å². The minimum absolute atomic E-state index is 0.357. The molecule has 0 aliphatic heterocycles. The van der Waals surface area contributed by atoms with Crippen LogP contribution in [0.25, 0.3) is 0 Å². The Morgan fingerprint density at radius 1 is 1.07 bits per heavy atom. The van der Waals surface area contributed by atoms with Crippen LogP contribution in [0, 0.1) is 0 Å². The van der Waals surface area contributed by atoms with Crippen molar-refractivity contribution in [3.05, 3.63) is 59.1 Å². The summed E-state index contributed by atoms with van der Waals surface area (Å²) >= 11 is 5.76. The molecule has 0 saturated carbocycles. The molecule has 8 heteroatoms. The van der Waals surface area contributed by atoms with Crippen LogP contribution in [0.1, 0.15) is 24.2 Å². The molecule has 0 aliphatic rings. The number of para-hydroxylation sites is 2. The lowest BCUT2D eigenvalue weighted by molar-refractivity contribution is -0.152. The summed E-state index contributed by atoms with van der Waals surface area (Å²) in [6, 6.07) is 13.2. The van der Waals surface area contributed by atoms with Crippen LogP contribution in [0.5, 0.6) is 5.75 Å². The molecule has 0 radical (unpaired) electrons. The van der Waals surface area contributed by atoms with Crippen molar-refractivity contribution in [1.29, 1.82) is 0 Å². The summed E-state index contributed by atoms with van der Waals surface area (Å²) in [4.78, 5) is 36.1. The molecular formula is C20H21ClN2O5. The van der Waals surface area contributed by atoms with Crippen molar-refractivity contribution in [2.45, 2.75) is 20.0 Å². The summed E-state index contributed by atoms with van der Waals surface area (Å²) < 4.78 is 10.5. The Labute approximate surface area is 168 Å². The van der Waals surface area contributed by atoms with Crippen LogP contribution < -0.4 is 15.4 Å². The predicted molar refractivity (Wildman–Crippen MR) is 106 cm³/mol. The van der Waals surface area contributed by atoms with Gasteiger partial charge in [-0.1, -0.05) is 23.7 Å². The van der Waals surface area contributed by atoms with Gasteiger partial charge in [0.25, 0.3) is 11.8 Å². The Morgan fingerprint density at radius 2 is 1.75 bits per heavy atom. The SMILES string of the molecule is CCOc1ccccc1NC(=O)[C@@H](C)OC(=O)CNC(=O)c1ccc(Cl)cc1. The van der Waals surface area contributed by atoms with Crippen LogP contribution in [-0.4, -0.2) is 37.0 Å². The zero-order valence-corrected chi connectivity index (χ0v) is 16.3. The number of carbonyl (C=O) groups excluding carboxylic acids is 3. The van der Waals surface area contributed by atoms with Gasteiger partial charge < -0.3 is 20.1 Å². The maximum atomic E-state index is 12.3. The van der Waals surface area contributed by atoms with Crippen LogP contribution in [0.4, 0.5) is 5.69 Å². The molecular weight excluding hydrogens is 384 g/mol. The van der Waals surface area contributed by atoms with Gasteiger partial charge in [-0.05, 0) is 50.2 Å². The number of esters is 1. The predicted octanol–water partition coefficient (Wildman–Crippen LogP) is 3.04. The largest absolute Gasteiger partial charge is 0.492 e. The van der Waals surface area contributed by atoms with Gasteiger partial charge in [-0.25, -0.2) is 0 Å². The van der Waals surface area contributed by atoms with Crippen molar-refractivity contribution in [1.82, 2.24) is 5.32 Å². The summed E-state index contributed by atoms with van der Waals surface area (Å²) in [5, 5.41) is 5.59. The normalized spacial score (nSPS) is 11.2. The lowest BCUT2D eigenvalue weighted by Gasteiger charge is -2.15. The van der Waals surface area contributed by atoms with Crippen LogP contribution in [0.2, 0.25) is 5.02 Å². The monoisotopic (exact) mass is 404 g/mol. The third-order valence-corrected chi connectivity index (χ3v) is 3.87. The number of hydrogen-bond donors (Lipinski definition) is 2.